The molecule has 0 bridgehead atoms. The van der Waals surface area contributed by atoms with Gasteiger partial charge in [0.1, 0.15) is 5.82 Å². The lowest BCUT2D eigenvalue weighted by Crippen LogP contribution is -2.45. The number of piperidine rings is 1. The van der Waals surface area contributed by atoms with Gasteiger partial charge >= 0.3 is 6.18 Å². The van der Waals surface area contributed by atoms with Crippen molar-refractivity contribution in [1.29, 1.82) is 0 Å². The second-order valence-corrected chi connectivity index (χ2v) is 12.2. The molecule has 0 spiro atoms. The van der Waals surface area contributed by atoms with E-state index in [1.807, 2.05) is 9.21 Å². The number of hydrogen-bond donors (Lipinski definition) is 1. The Balaban J connectivity index is 1.54. The summed E-state index contributed by atoms with van der Waals surface area (Å²) in [5.74, 6) is 0.247. The van der Waals surface area contributed by atoms with E-state index < -0.39 is 34.7 Å². The van der Waals surface area contributed by atoms with Crippen LogP contribution in [0.15, 0.2) is 29.1 Å². The number of anilines is 2. The van der Waals surface area contributed by atoms with Crippen molar-refractivity contribution in [2.75, 3.05) is 35.6 Å². The molecule has 5 rings (SSSR count). The number of fused-ring (bicyclic) bond motifs is 1. The maximum Gasteiger partial charge on any atom is 0.435 e. The van der Waals surface area contributed by atoms with Crippen LogP contribution in [0.25, 0.3) is 10.8 Å². The van der Waals surface area contributed by atoms with Gasteiger partial charge in [-0.3, -0.25) is 9.36 Å². The number of pyridine rings is 2. The highest BCUT2D eigenvalue weighted by molar-refractivity contribution is 7.82. The summed E-state index contributed by atoms with van der Waals surface area (Å²) in [6.45, 7) is 6.67. The van der Waals surface area contributed by atoms with Crippen molar-refractivity contribution >= 4 is 33.3 Å². The Hall–Kier alpha value is -2.99. The minimum absolute atomic E-state index is 0.0973. The fraction of sp³-hybridized carbons (Fsp3) is 0.500. The molecule has 7 nitrogen and oxygen atoms in total. The molecule has 1 N–H and O–H groups in total. The molecule has 2 atom stereocenters. The Kier molecular flexibility index (Phi) is 7.68. The number of halogens is 4. The van der Waals surface area contributed by atoms with Crippen LogP contribution in [0.3, 0.4) is 0 Å². The molecule has 2 aliphatic rings. The van der Waals surface area contributed by atoms with Crippen molar-refractivity contribution in [1.82, 2.24) is 13.9 Å². The summed E-state index contributed by atoms with van der Waals surface area (Å²) in [6.07, 6.45) is -2.39. The van der Waals surface area contributed by atoms with E-state index in [4.69, 9.17) is 0 Å². The molecule has 40 heavy (non-hydrogen) atoms. The molecule has 1 aromatic carbocycles. The van der Waals surface area contributed by atoms with Gasteiger partial charge in [-0.05, 0) is 69.4 Å². The zero-order valence-electron chi connectivity index (χ0n) is 22.9. The second kappa shape index (κ2) is 10.8. The van der Waals surface area contributed by atoms with Crippen LogP contribution in [0.1, 0.15) is 54.7 Å². The number of aryl methyl sites for hydroxylation is 2. The number of rotatable bonds is 5. The molecule has 0 aliphatic carbocycles. The molecule has 12 heteroatoms. The van der Waals surface area contributed by atoms with E-state index >= 15 is 4.39 Å². The largest absolute Gasteiger partial charge is 0.435 e. The summed E-state index contributed by atoms with van der Waals surface area (Å²) < 4.78 is 73.4. The molecule has 2 fully saturated rings. The van der Waals surface area contributed by atoms with Crippen LogP contribution in [0.2, 0.25) is 0 Å². The van der Waals surface area contributed by atoms with Crippen LogP contribution in [0.5, 0.6) is 0 Å². The quantitative estimate of drug-likeness (QED) is 0.420. The molecule has 0 saturated carbocycles. The summed E-state index contributed by atoms with van der Waals surface area (Å²) >= 11 is 0. The first kappa shape index (κ1) is 28.5. The lowest BCUT2D eigenvalue weighted by Gasteiger charge is -2.37. The van der Waals surface area contributed by atoms with Crippen molar-refractivity contribution in [3.63, 3.8) is 0 Å². The molecule has 4 heterocycles. The van der Waals surface area contributed by atoms with Gasteiger partial charge in [0.15, 0.2) is 11.5 Å². The Morgan fingerprint density at radius 3 is 2.45 bits per heavy atom. The van der Waals surface area contributed by atoms with Gasteiger partial charge in [0, 0.05) is 55.6 Å². The third-order valence-electron chi connectivity index (χ3n) is 7.85. The first-order chi connectivity index (χ1) is 18.9. The number of hydrogen-bond acceptors (Lipinski definition) is 5. The van der Waals surface area contributed by atoms with Gasteiger partial charge in [-0.2, -0.15) is 13.2 Å². The first-order valence-electron chi connectivity index (χ1n) is 13.4. The van der Waals surface area contributed by atoms with Gasteiger partial charge in [-0.25, -0.2) is 17.9 Å². The van der Waals surface area contributed by atoms with Gasteiger partial charge in [0.25, 0.3) is 5.56 Å². The van der Waals surface area contributed by atoms with Crippen LogP contribution in [0, 0.1) is 19.7 Å². The molecule has 3 aromatic rings. The highest BCUT2D eigenvalue weighted by Crippen LogP contribution is 2.38. The van der Waals surface area contributed by atoms with E-state index in [1.165, 1.54) is 23.6 Å². The minimum Gasteiger partial charge on any atom is -0.377 e. The predicted octanol–water partition coefficient (Wildman–Crippen LogP) is 5.22. The maximum absolute atomic E-state index is 16.5. The zero-order chi connectivity index (χ0) is 28.9. The Morgan fingerprint density at radius 1 is 1.12 bits per heavy atom. The van der Waals surface area contributed by atoms with Crippen molar-refractivity contribution < 1.29 is 21.8 Å². The molecular weight excluding hydrogens is 546 g/mol. The van der Waals surface area contributed by atoms with Crippen LogP contribution in [0.4, 0.5) is 29.1 Å². The second-order valence-electron chi connectivity index (χ2n) is 10.7. The SMILES string of the molecule is Cc1cc([C@@H](C)Nc2ccc(C)nc2C(F)(F)F)c2c(F)c(N3CCC(N4CCCS4=O)CC3)n(C)c(=O)c2c1. The van der Waals surface area contributed by atoms with Crippen LogP contribution >= 0.6 is 0 Å². The van der Waals surface area contributed by atoms with E-state index in [2.05, 4.69) is 10.3 Å². The molecule has 2 aliphatic heterocycles. The third kappa shape index (κ3) is 5.23. The van der Waals surface area contributed by atoms with Crippen LogP contribution in [-0.4, -0.2) is 49.5 Å². The van der Waals surface area contributed by atoms with E-state index in [1.54, 1.807) is 33.0 Å². The average Bonchev–Trinajstić information content (AvgIpc) is 3.33. The number of benzene rings is 1. The Labute approximate surface area is 232 Å². The average molecular weight is 580 g/mol. The predicted molar refractivity (Wildman–Crippen MR) is 149 cm³/mol. The zero-order valence-corrected chi connectivity index (χ0v) is 23.8. The van der Waals surface area contributed by atoms with Crippen molar-refractivity contribution in [2.24, 2.45) is 7.05 Å². The van der Waals surface area contributed by atoms with Gasteiger partial charge in [-0.1, -0.05) is 6.07 Å². The smallest absolute Gasteiger partial charge is 0.377 e. The van der Waals surface area contributed by atoms with E-state index in [0.29, 0.717) is 42.8 Å². The van der Waals surface area contributed by atoms with E-state index in [0.717, 1.165) is 13.0 Å². The highest BCUT2D eigenvalue weighted by atomic mass is 32.2. The summed E-state index contributed by atoms with van der Waals surface area (Å²) in [5, 5.41) is 3.15. The topological polar surface area (TPSA) is 70.5 Å². The Morgan fingerprint density at radius 2 is 1.82 bits per heavy atom. The van der Waals surface area contributed by atoms with Crippen molar-refractivity contribution in [3.8, 4) is 0 Å². The standard InChI is InChI=1S/C28H33F4N5O2S/c1-16-14-20(18(3)34-22-7-6-17(2)33-25(22)28(30,31)32)23-21(15-16)27(38)35(4)26(24(23)29)36-11-8-19(9-12-36)37-10-5-13-40(37)39/h6-7,14-15,18-19,34H,5,8-13H2,1-4H3/t18-,40?/m1/s1. The maximum atomic E-state index is 16.5. The number of nitrogens with one attached hydrogen (secondary N) is 1. The van der Waals surface area contributed by atoms with Crippen molar-refractivity contribution in [3.05, 3.63) is 63.0 Å². The molecular formula is C28H33F4N5O2S. The lowest BCUT2D eigenvalue weighted by atomic mass is 9.96. The normalized spacial score (nSPS) is 19.9. The highest BCUT2D eigenvalue weighted by Gasteiger charge is 2.37. The molecule has 0 radical (unpaired) electrons. The Bertz CT molecular complexity index is 1530. The number of aromatic nitrogens is 2. The molecule has 216 valence electrons. The van der Waals surface area contributed by atoms with E-state index in [-0.39, 0.29) is 39.6 Å². The summed E-state index contributed by atoms with van der Waals surface area (Å²) in [4.78, 5) is 19.0. The number of alkyl halides is 3. The van der Waals surface area contributed by atoms with Gasteiger partial charge < -0.3 is 10.2 Å². The van der Waals surface area contributed by atoms with Gasteiger partial charge in [0.2, 0.25) is 0 Å². The molecule has 2 saturated heterocycles. The molecule has 1 unspecified atom stereocenters. The van der Waals surface area contributed by atoms with Crippen molar-refractivity contribution in [2.45, 2.75) is 58.3 Å². The summed E-state index contributed by atoms with van der Waals surface area (Å²) in [6, 6.07) is 5.50. The van der Waals surface area contributed by atoms with Crippen LogP contribution < -0.4 is 15.8 Å². The number of nitrogens with zero attached hydrogens (tertiary/aromatic N) is 4. The van der Waals surface area contributed by atoms with Gasteiger partial charge in [-0.15, -0.1) is 0 Å². The lowest BCUT2D eigenvalue weighted by molar-refractivity contribution is -0.140. The molecule has 0 amide bonds. The monoisotopic (exact) mass is 579 g/mol. The fourth-order valence-corrected chi connectivity index (χ4v) is 7.42. The summed E-state index contributed by atoms with van der Waals surface area (Å²) in [7, 11) is 0.563. The van der Waals surface area contributed by atoms with Gasteiger partial charge in [0.05, 0.1) is 22.1 Å². The third-order valence-corrected chi connectivity index (χ3v) is 9.50. The van der Waals surface area contributed by atoms with Crippen LogP contribution in [-0.2, 0) is 24.2 Å². The minimum atomic E-state index is -4.68. The molecule has 2 aromatic heterocycles. The summed E-state index contributed by atoms with van der Waals surface area (Å²) in [5.41, 5.74) is -0.327. The first-order valence-corrected chi connectivity index (χ1v) is 14.7. The fourth-order valence-electron chi connectivity index (χ4n) is 5.93. The van der Waals surface area contributed by atoms with E-state index in [9.17, 15) is 22.2 Å².